The lowest BCUT2D eigenvalue weighted by molar-refractivity contribution is -0.143. The monoisotopic (exact) mass is 487 g/mol. The van der Waals surface area contributed by atoms with Gasteiger partial charge >= 0.3 is 12.0 Å². The first-order valence-electron chi connectivity index (χ1n) is 12.9. The fraction of sp³-hybridized carbons (Fsp3) is 0.654. The molecule has 0 radical (unpaired) electrons. The number of carboxylic acids is 1. The highest BCUT2D eigenvalue weighted by atomic mass is 16.5. The number of nitrogens with zero attached hydrogens (tertiary/aromatic N) is 1. The van der Waals surface area contributed by atoms with Gasteiger partial charge in [0.2, 0.25) is 0 Å². The van der Waals surface area contributed by atoms with Crippen LogP contribution in [0.1, 0.15) is 61.7 Å². The number of hydrogen-bond acceptors (Lipinski definition) is 5. The van der Waals surface area contributed by atoms with Crippen LogP contribution in [0.3, 0.4) is 0 Å². The summed E-state index contributed by atoms with van der Waals surface area (Å²) in [4.78, 5) is 37.6. The Morgan fingerprint density at radius 1 is 0.857 bits per heavy atom. The van der Waals surface area contributed by atoms with Crippen molar-refractivity contribution in [1.82, 2.24) is 15.5 Å². The largest absolute Gasteiger partial charge is 0.490 e. The van der Waals surface area contributed by atoms with Crippen LogP contribution >= 0.6 is 0 Å². The minimum atomic E-state index is -0.729. The number of piperidine rings is 1. The number of nitrogens with one attached hydrogen (secondary N) is 2. The quantitative estimate of drug-likeness (QED) is 0.437. The van der Waals surface area contributed by atoms with E-state index in [9.17, 15) is 14.4 Å². The molecule has 35 heavy (non-hydrogen) atoms. The minimum Gasteiger partial charge on any atom is -0.490 e. The zero-order chi connectivity index (χ0) is 24.6. The molecule has 3 aliphatic rings. The Hall–Kier alpha value is -2.81. The molecule has 9 heteroatoms. The van der Waals surface area contributed by atoms with Crippen molar-refractivity contribution in [1.29, 1.82) is 0 Å². The number of carbonyl (C=O) groups is 3. The van der Waals surface area contributed by atoms with Crippen molar-refractivity contribution in [2.45, 2.75) is 63.6 Å². The third-order valence-corrected chi connectivity index (χ3v) is 7.12. The lowest BCUT2D eigenvalue weighted by Gasteiger charge is -2.32. The van der Waals surface area contributed by atoms with Gasteiger partial charge in [0.1, 0.15) is 5.75 Å². The van der Waals surface area contributed by atoms with Crippen molar-refractivity contribution < 1.29 is 29.0 Å². The van der Waals surface area contributed by atoms with Gasteiger partial charge in [-0.25, -0.2) is 4.79 Å². The SMILES string of the molecule is O=C(NCCNC(=O)N1CCC(OCC2CC2)CC1)c1ccc(O[C@H]2CC[C@@H](C(=O)O)CC2)cc1. The van der Waals surface area contributed by atoms with Gasteiger partial charge in [0, 0.05) is 38.3 Å². The molecule has 1 heterocycles. The summed E-state index contributed by atoms with van der Waals surface area (Å²) in [7, 11) is 0. The highest BCUT2D eigenvalue weighted by Gasteiger charge is 2.28. The Kier molecular flexibility index (Phi) is 8.84. The summed E-state index contributed by atoms with van der Waals surface area (Å²) < 4.78 is 11.9. The van der Waals surface area contributed by atoms with Crippen molar-refractivity contribution >= 4 is 17.9 Å². The summed E-state index contributed by atoms with van der Waals surface area (Å²) in [5.74, 6) is 0.229. The summed E-state index contributed by atoms with van der Waals surface area (Å²) in [6, 6.07) is 6.85. The topological polar surface area (TPSA) is 117 Å². The first-order chi connectivity index (χ1) is 17.0. The molecule has 0 aromatic heterocycles. The molecule has 3 amide bonds. The van der Waals surface area contributed by atoms with Crippen molar-refractivity contribution in [3.05, 3.63) is 29.8 Å². The van der Waals surface area contributed by atoms with Crippen LogP contribution in [0.4, 0.5) is 4.79 Å². The first-order valence-corrected chi connectivity index (χ1v) is 12.9. The molecule has 0 bridgehead atoms. The highest BCUT2D eigenvalue weighted by molar-refractivity contribution is 5.94. The number of carboxylic acid groups (broad SMARTS) is 1. The Morgan fingerprint density at radius 3 is 2.14 bits per heavy atom. The van der Waals surface area contributed by atoms with Gasteiger partial charge < -0.3 is 30.1 Å². The van der Waals surface area contributed by atoms with Gasteiger partial charge in [0.25, 0.3) is 5.91 Å². The van der Waals surface area contributed by atoms with Crippen LogP contribution in [0, 0.1) is 11.8 Å². The summed E-state index contributed by atoms with van der Waals surface area (Å²) in [5.41, 5.74) is 0.520. The molecule has 1 aromatic rings. The van der Waals surface area contributed by atoms with E-state index >= 15 is 0 Å². The third kappa shape index (κ3) is 7.85. The second-order valence-electron chi connectivity index (χ2n) is 9.91. The normalized spacial score (nSPS) is 22.9. The van der Waals surface area contributed by atoms with Gasteiger partial charge in [0.15, 0.2) is 0 Å². The molecule has 0 spiro atoms. The molecule has 1 saturated heterocycles. The number of benzene rings is 1. The van der Waals surface area contributed by atoms with E-state index in [0.717, 1.165) is 38.2 Å². The molecule has 2 aliphatic carbocycles. The van der Waals surface area contributed by atoms with Crippen LogP contribution in [0.5, 0.6) is 5.75 Å². The number of aliphatic carboxylic acids is 1. The zero-order valence-corrected chi connectivity index (χ0v) is 20.2. The maximum absolute atomic E-state index is 12.4. The predicted octanol–water partition coefficient (Wildman–Crippen LogP) is 3.04. The van der Waals surface area contributed by atoms with E-state index in [1.165, 1.54) is 12.8 Å². The van der Waals surface area contributed by atoms with Crippen LogP contribution < -0.4 is 15.4 Å². The zero-order valence-electron chi connectivity index (χ0n) is 20.2. The molecular formula is C26H37N3O6. The van der Waals surface area contributed by atoms with Gasteiger partial charge in [0.05, 0.1) is 18.1 Å². The molecule has 0 atom stereocenters. The number of urea groups is 1. The molecule has 3 N–H and O–H groups in total. The second-order valence-corrected chi connectivity index (χ2v) is 9.91. The molecule has 0 unspecified atom stereocenters. The standard InChI is InChI=1S/C26H37N3O6/c30-24(19-3-7-22(8-4-19)35-23-9-5-20(6-10-23)25(31)32)27-13-14-28-26(33)29-15-11-21(12-16-29)34-17-18-1-2-18/h3-4,7-8,18,20-21,23H,1-2,5-6,9-17H2,(H,27,30)(H,28,33)(H,31,32)/t20-,23+. The smallest absolute Gasteiger partial charge is 0.317 e. The molecule has 9 nitrogen and oxygen atoms in total. The number of ether oxygens (including phenoxy) is 2. The van der Waals surface area contributed by atoms with Crippen LogP contribution in [0.2, 0.25) is 0 Å². The molecule has 4 rings (SSSR count). The molecular weight excluding hydrogens is 450 g/mol. The van der Waals surface area contributed by atoms with Crippen molar-refractivity contribution in [3.63, 3.8) is 0 Å². The van der Waals surface area contributed by atoms with Crippen LogP contribution in [-0.4, -0.2) is 72.9 Å². The van der Waals surface area contributed by atoms with E-state index in [1.54, 1.807) is 24.3 Å². The summed E-state index contributed by atoms with van der Waals surface area (Å²) in [6.45, 7) is 2.97. The summed E-state index contributed by atoms with van der Waals surface area (Å²) in [5, 5.41) is 14.8. The van der Waals surface area contributed by atoms with Crippen molar-refractivity contribution in [3.8, 4) is 5.75 Å². The molecule has 192 valence electrons. The van der Waals surface area contributed by atoms with Gasteiger partial charge in [-0.05, 0) is 81.5 Å². The number of rotatable bonds is 10. The van der Waals surface area contributed by atoms with E-state index in [0.29, 0.717) is 50.3 Å². The average molecular weight is 488 g/mol. The number of hydrogen-bond donors (Lipinski definition) is 3. The summed E-state index contributed by atoms with van der Waals surface area (Å²) >= 11 is 0. The van der Waals surface area contributed by atoms with E-state index in [-0.39, 0.29) is 30.1 Å². The van der Waals surface area contributed by atoms with E-state index in [1.807, 2.05) is 4.90 Å². The fourth-order valence-electron chi connectivity index (χ4n) is 4.65. The molecule has 1 aliphatic heterocycles. The van der Waals surface area contributed by atoms with Gasteiger partial charge in [-0.1, -0.05) is 0 Å². The number of carbonyl (C=O) groups excluding carboxylic acids is 2. The van der Waals surface area contributed by atoms with E-state index in [4.69, 9.17) is 14.6 Å². The average Bonchev–Trinajstić information content (AvgIpc) is 3.71. The van der Waals surface area contributed by atoms with Crippen LogP contribution in [0.15, 0.2) is 24.3 Å². The minimum absolute atomic E-state index is 0.00921. The van der Waals surface area contributed by atoms with Crippen molar-refractivity contribution in [2.75, 3.05) is 32.8 Å². The Bertz CT molecular complexity index is 856. The maximum atomic E-state index is 12.4. The van der Waals surface area contributed by atoms with Gasteiger partial charge in [-0.15, -0.1) is 0 Å². The number of amides is 3. The van der Waals surface area contributed by atoms with Gasteiger partial charge in [-0.3, -0.25) is 9.59 Å². The van der Waals surface area contributed by atoms with Crippen LogP contribution in [-0.2, 0) is 9.53 Å². The van der Waals surface area contributed by atoms with E-state index in [2.05, 4.69) is 10.6 Å². The Balaban J connectivity index is 1.09. The molecule has 2 saturated carbocycles. The molecule has 1 aromatic carbocycles. The maximum Gasteiger partial charge on any atom is 0.317 e. The van der Waals surface area contributed by atoms with Gasteiger partial charge in [-0.2, -0.15) is 0 Å². The lowest BCUT2D eigenvalue weighted by Crippen LogP contribution is -2.47. The number of likely N-dealkylation sites (tertiary alicyclic amines) is 1. The predicted molar refractivity (Wildman–Crippen MR) is 129 cm³/mol. The fourth-order valence-corrected chi connectivity index (χ4v) is 4.65. The lowest BCUT2D eigenvalue weighted by atomic mass is 9.87. The van der Waals surface area contributed by atoms with Crippen LogP contribution in [0.25, 0.3) is 0 Å². The first kappa shape index (κ1) is 25.3. The third-order valence-electron chi connectivity index (χ3n) is 7.12. The summed E-state index contributed by atoms with van der Waals surface area (Å²) in [6.07, 6.45) is 7.30. The van der Waals surface area contributed by atoms with E-state index < -0.39 is 5.97 Å². The Labute approximate surface area is 206 Å². The highest BCUT2D eigenvalue weighted by Crippen LogP contribution is 2.30. The second kappa shape index (κ2) is 12.2. The molecule has 3 fully saturated rings. The Morgan fingerprint density at radius 2 is 1.51 bits per heavy atom. The van der Waals surface area contributed by atoms with Crippen molar-refractivity contribution in [2.24, 2.45) is 11.8 Å².